The number of carbonyl (C=O) groups excluding carboxylic acids is 1. The van der Waals surface area contributed by atoms with Gasteiger partial charge in [0.2, 0.25) is 11.9 Å². The molecule has 3 rings (SSSR count). The van der Waals surface area contributed by atoms with Crippen molar-refractivity contribution in [3.05, 3.63) is 58.4 Å². The summed E-state index contributed by atoms with van der Waals surface area (Å²) >= 11 is 0. The minimum absolute atomic E-state index is 0.0327. The smallest absolute Gasteiger partial charge is 0.269 e. The van der Waals surface area contributed by atoms with Crippen molar-refractivity contribution in [2.45, 2.75) is 25.8 Å². The van der Waals surface area contributed by atoms with Crippen molar-refractivity contribution in [3.8, 4) is 0 Å². The van der Waals surface area contributed by atoms with Crippen molar-refractivity contribution < 1.29 is 9.72 Å². The summed E-state index contributed by atoms with van der Waals surface area (Å²) in [5.41, 5.74) is 0.782. The SMILES string of the molecule is CC(c1cccc([N+](=O)[O-])c1)N(C)C(=O)C1CCCN(c2ncccn2)C1. The predicted molar refractivity (Wildman–Crippen MR) is 101 cm³/mol. The highest BCUT2D eigenvalue weighted by Crippen LogP contribution is 2.27. The molecular weight excluding hydrogens is 346 g/mol. The number of benzene rings is 1. The van der Waals surface area contributed by atoms with E-state index in [2.05, 4.69) is 9.97 Å². The molecule has 0 saturated carbocycles. The lowest BCUT2D eigenvalue weighted by atomic mass is 9.95. The van der Waals surface area contributed by atoms with Gasteiger partial charge in [-0.1, -0.05) is 12.1 Å². The average Bonchev–Trinajstić information content (AvgIpc) is 2.73. The average molecular weight is 369 g/mol. The van der Waals surface area contributed by atoms with E-state index in [4.69, 9.17) is 0 Å². The van der Waals surface area contributed by atoms with E-state index in [1.165, 1.54) is 12.1 Å². The summed E-state index contributed by atoms with van der Waals surface area (Å²) in [5.74, 6) is 0.535. The highest BCUT2D eigenvalue weighted by atomic mass is 16.6. The highest BCUT2D eigenvalue weighted by molar-refractivity contribution is 5.80. The molecule has 2 heterocycles. The number of piperidine rings is 1. The molecule has 8 nitrogen and oxygen atoms in total. The third kappa shape index (κ3) is 4.21. The first-order valence-corrected chi connectivity index (χ1v) is 9.00. The van der Waals surface area contributed by atoms with Crippen LogP contribution < -0.4 is 4.90 Å². The van der Waals surface area contributed by atoms with Gasteiger partial charge in [0.25, 0.3) is 5.69 Å². The van der Waals surface area contributed by atoms with Crippen LogP contribution in [0.4, 0.5) is 11.6 Å². The van der Waals surface area contributed by atoms with Gasteiger partial charge in [-0.2, -0.15) is 0 Å². The van der Waals surface area contributed by atoms with Gasteiger partial charge in [-0.25, -0.2) is 9.97 Å². The Balaban J connectivity index is 1.70. The molecule has 1 aromatic carbocycles. The van der Waals surface area contributed by atoms with Crippen LogP contribution in [0, 0.1) is 16.0 Å². The number of carbonyl (C=O) groups is 1. The molecule has 27 heavy (non-hydrogen) atoms. The van der Waals surface area contributed by atoms with Crippen LogP contribution in [-0.4, -0.2) is 45.8 Å². The van der Waals surface area contributed by atoms with Crippen LogP contribution in [-0.2, 0) is 4.79 Å². The Morgan fingerprint density at radius 2 is 2.07 bits per heavy atom. The minimum atomic E-state index is -0.420. The molecule has 1 aliphatic heterocycles. The lowest BCUT2D eigenvalue weighted by Gasteiger charge is -2.35. The monoisotopic (exact) mass is 369 g/mol. The Morgan fingerprint density at radius 1 is 1.33 bits per heavy atom. The van der Waals surface area contributed by atoms with Crippen molar-refractivity contribution >= 4 is 17.5 Å². The fraction of sp³-hybridized carbons (Fsp3) is 0.421. The Morgan fingerprint density at radius 3 is 2.78 bits per heavy atom. The fourth-order valence-electron chi connectivity index (χ4n) is 3.42. The summed E-state index contributed by atoms with van der Waals surface area (Å²) in [6, 6.07) is 7.96. The number of nitro groups is 1. The van der Waals surface area contributed by atoms with Gasteiger partial charge in [0.15, 0.2) is 0 Å². The second kappa shape index (κ2) is 8.11. The summed E-state index contributed by atoms with van der Waals surface area (Å²) < 4.78 is 0. The summed E-state index contributed by atoms with van der Waals surface area (Å²) in [4.78, 5) is 35.9. The number of nitro benzene ring substituents is 1. The van der Waals surface area contributed by atoms with E-state index >= 15 is 0 Å². The van der Waals surface area contributed by atoms with Gasteiger partial charge in [-0.05, 0) is 31.4 Å². The zero-order valence-corrected chi connectivity index (χ0v) is 15.5. The van der Waals surface area contributed by atoms with Crippen LogP contribution in [0.1, 0.15) is 31.4 Å². The van der Waals surface area contributed by atoms with Gasteiger partial charge >= 0.3 is 0 Å². The predicted octanol–water partition coefficient (Wildman–Crippen LogP) is 2.82. The molecule has 1 amide bonds. The van der Waals surface area contributed by atoms with Gasteiger partial charge in [-0.15, -0.1) is 0 Å². The minimum Gasteiger partial charge on any atom is -0.340 e. The number of hydrogen-bond donors (Lipinski definition) is 0. The highest BCUT2D eigenvalue weighted by Gasteiger charge is 2.31. The number of hydrogen-bond acceptors (Lipinski definition) is 6. The summed E-state index contributed by atoms with van der Waals surface area (Å²) in [6.07, 6.45) is 5.11. The second-order valence-corrected chi connectivity index (χ2v) is 6.81. The van der Waals surface area contributed by atoms with E-state index in [9.17, 15) is 14.9 Å². The third-order valence-corrected chi connectivity index (χ3v) is 5.10. The zero-order chi connectivity index (χ0) is 19.4. The van der Waals surface area contributed by atoms with E-state index in [-0.39, 0.29) is 23.6 Å². The van der Waals surface area contributed by atoms with Gasteiger partial charge in [0.1, 0.15) is 0 Å². The van der Waals surface area contributed by atoms with Gasteiger partial charge in [0, 0.05) is 44.7 Å². The molecule has 8 heteroatoms. The van der Waals surface area contributed by atoms with Gasteiger partial charge in [0.05, 0.1) is 16.9 Å². The Bertz CT molecular complexity index is 814. The zero-order valence-electron chi connectivity index (χ0n) is 15.5. The molecule has 2 unspecified atom stereocenters. The second-order valence-electron chi connectivity index (χ2n) is 6.81. The largest absolute Gasteiger partial charge is 0.340 e. The van der Waals surface area contributed by atoms with Crippen molar-refractivity contribution in [1.29, 1.82) is 0 Å². The molecule has 1 aliphatic rings. The van der Waals surface area contributed by atoms with E-state index in [1.807, 2.05) is 17.9 Å². The van der Waals surface area contributed by atoms with Crippen LogP contribution in [0.3, 0.4) is 0 Å². The summed E-state index contributed by atoms with van der Waals surface area (Å²) in [7, 11) is 1.75. The molecule has 0 aliphatic carbocycles. The molecule has 0 spiro atoms. The van der Waals surface area contributed by atoms with Crippen LogP contribution in [0.25, 0.3) is 0 Å². The van der Waals surface area contributed by atoms with E-state index in [0.717, 1.165) is 24.9 Å². The standard InChI is InChI=1S/C19H23N5O3/c1-14(15-6-3-8-17(12-15)24(26)27)22(2)18(25)16-7-4-11-23(13-16)19-20-9-5-10-21-19/h3,5-6,8-10,12,14,16H,4,7,11,13H2,1-2H3. The molecule has 0 bridgehead atoms. The van der Waals surface area contributed by atoms with Crippen LogP contribution in [0.15, 0.2) is 42.7 Å². The quantitative estimate of drug-likeness (QED) is 0.594. The molecule has 142 valence electrons. The molecule has 2 atom stereocenters. The maximum atomic E-state index is 13.0. The lowest BCUT2D eigenvalue weighted by Crippen LogP contribution is -2.44. The van der Waals surface area contributed by atoms with Crippen molar-refractivity contribution in [2.75, 3.05) is 25.0 Å². The Labute approximate surface area is 158 Å². The molecule has 1 saturated heterocycles. The first kappa shape index (κ1) is 18.8. The summed E-state index contributed by atoms with van der Waals surface area (Å²) in [5, 5.41) is 11.0. The maximum Gasteiger partial charge on any atom is 0.269 e. The van der Waals surface area contributed by atoms with E-state index < -0.39 is 4.92 Å². The third-order valence-electron chi connectivity index (χ3n) is 5.10. The first-order valence-electron chi connectivity index (χ1n) is 9.00. The molecular formula is C19H23N5O3. The number of anilines is 1. The molecule has 2 aromatic rings. The molecule has 1 fully saturated rings. The number of nitrogens with zero attached hydrogens (tertiary/aromatic N) is 5. The number of rotatable bonds is 5. The lowest BCUT2D eigenvalue weighted by molar-refractivity contribution is -0.384. The molecule has 0 N–H and O–H groups in total. The maximum absolute atomic E-state index is 13.0. The fourth-order valence-corrected chi connectivity index (χ4v) is 3.42. The van der Waals surface area contributed by atoms with Crippen molar-refractivity contribution in [3.63, 3.8) is 0 Å². The number of amides is 1. The molecule has 1 aromatic heterocycles. The summed E-state index contributed by atoms with van der Waals surface area (Å²) in [6.45, 7) is 3.30. The van der Waals surface area contributed by atoms with Crippen molar-refractivity contribution in [2.24, 2.45) is 5.92 Å². The van der Waals surface area contributed by atoms with Crippen molar-refractivity contribution in [1.82, 2.24) is 14.9 Å². The van der Waals surface area contributed by atoms with Crippen LogP contribution in [0.2, 0.25) is 0 Å². The van der Waals surface area contributed by atoms with Crippen LogP contribution >= 0.6 is 0 Å². The topological polar surface area (TPSA) is 92.5 Å². The Hall–Kier alpha value is -3.03. The van der Waals surface area contributed by atoms with E-state index in [0.29, 0.717) is 12.5 Å². The normalized spacial score (nSPS) is 18.0. The van der Waals surface area contributed by atoms with Crippen LogP contribution in [0.5, 0.6) is 0 Å². The number of aromatic nitrogens is 2. The van der Waals surface area contributed by atoms with E-state index in [1.54, 1.807) is 36.5 Å². The van der Waals surface area contributed by atoms with Gasteiger partial charge in [-0.3, -0.25) is 14.9 Å². The number of non-ortho nitro benzene ring substituents is 1. The molecule has 0 radical (unpaired) electrons. The van der Waals surface area contributed by atoms with Gasteiger partial charge < -0.3 is 9.80 Å². The Kier molecular flexibility index (Phi) is 5.63. The first-order chi connectivity index (χ1) is 13.0.